The van der Waals surface area contributed by atoms with Gasteiger partial charge in [0.05, 0.1) is 18.2 Å². The van der Waals surface area contributed by atoms with Crippen LogP contribution in [0, 0.1) is 5.92 Å². The van der Waals surface area contributed by atoms with Gasteiger partial charge in [-0.2, -0.15) is 0 Å². The zero-order valence-corrected chi connectivity index (χ0v) is 15.7. The lowest BCUT2D eigenvalue weighted by molar-refractivity contribution is -0.126. The molecule has 0 unspecified atom stereocenters. The average Bonchev–Trinajstić information content (AvgIpc) is 3.28. The highest BCUT2D eigenvalue weighted by Crippen LogP contribution is 2.27. The maximum atomic E-state index is 12.4. The topological polar surface area (TPSA) is 89.3 Å². The first-order valence-electron chi connectivity index (χ1n) is 9.22. The molecule has 0 bridgehead atoms. The van der Waals surface area contributed by atoms with Crippen molar-refractivity contribution in [2.24, 2.45) is 5.92 Å². The molecule has 1 aliphatic heterocycles. The van der Waals surface area contributed by atoms with Gasteiger partial charge >= 0.3 is 0 Å². The molecular formula is C19H25N5O3. The van der Waals surface area contributed by atoms with E-state index in [2.05, 4.69) is 15.6 Å². The van der Waals surface area contributed by atoms with E-state index >= 15 is 0 Å². The van der Waals surface area contributed by atoms with Gasteiger partial charge in [-0.05, 0) is 44.5 Å². The summed E-state index contributed by atoms with van der Waals surface area (Å²) >= 11 is 0. The number of hydrogen-bond acceptors (Lipinski definition) is 5. The predicted molar refractivity (Wildman–Crippen MR) is 100 cm³/mol. The van der Waals surface area contributed by atoms with E-state index in [0.29, 0.717) is 19.6 Å². The summed E-state index contributed by atoms with van der Waals surface area (Å²) in [7, 11) is 0. The fourth-order valence-corrected chi connectivity index (χ4v) is 3.06. The van der Waals surface area contributed by atoms with Gasteiger partial charge in [-0.25, -0.2) is 0 Å². The lowest BCUT2D eigenvalue weighted by atomic mass is 10.1. The number of aromatic nitrogens is 3. The monoisotopic (exact) mass is 371 g/mol. The second-order valence-corrected chi connectivity index (χ2v) is 6.88. The Labute approximate surface area is 158 Å². The Kier molecular flexibility index (Phi) is 6.05. The molecule has 27 heavy (non-hydrogen) atoms. The van der Waals surface area contributed by atoms with Crippen LogP contribution in [0.5, 0.6) is 5.75 Å². The second kappa shape index (κ2) is 8.66. The molecule has 1 aromatic heterocycles. The minimum atomic E-state index is -0.324. The van der Waals surface area contributed by atoms with Gasteiger partial charge in [-0.3, -0.25) is 14.3 Å². The third-order valence-corrected chi connectivity index (χ3v) is 4.35. The summed E-state index contributed by atoms with van der Waals surface area (Å²) < 4.78 is 7.34. The summed E-state index contributed by atoms with van der Waals surface area (Å²) in [5, 5.41) is 10.5. The first-order chi connectivity index (χ1) is 13.0. The number of hydrogen-bond donors (Lipinski definition) is 1. The van der Waals surface area contributed by atoms with Crippen molar-refractivity contribution in [2.45, 2.75) is 39.3 Å². The van der Waals surface area contributed by atoms with Gasteiger partial charge in [-0.15, -0.1) is 5.10 Å². The molecule has 1 N–H and O–H groups in total. The largest absolute Gasteiger partial charge is 0.491 e. The Balaban J connectivity index is 1.48. The number of rotatable bonds is 8. The molecule has 0 radical (unpaired) electrons. The number of carbonyl (C=O) groups is 2. The van der Waals surface area contributed by atoms with Gasteiger partial charge in [-0.1, -0.05) is 5.21 Å². The Morgan fingerprint density at radius 2 is 2.11 bits per heavy atom. The maximum Gasteiger partial charge on any atom is 0.227 e. The van der Waals surface area contributed by atoms with E-state index in [9.17, 15) is 9.59 Å². The van der Waals surface area contributed by atoms with Gasteiger partial charge in [0.15, 0.2) is 0 Å². The molecule has 8 heteroatoms. The molecule has 0 spiro atoms. The fourth-order valence-electron chi connectivity index (χ4n) is 3.06. The normalized spacial score (nSPS) is 16.8. The molecule has 1 saturated heterocycles. The van der Waals surface area contributed by atoms with E-state index in [1.807, 2.05) is 38.1 Å². The third-order valence-electron chi connectivity index (χ3n) is 4.35. The minimum absolute atomic E-state index is 0.0321. The third kappa shape index (κ3) is 5.06. The standard InChI is InChI=1S/C19H25N5O3/c1-14(2)27-17-6-4-16(5-7-17)24-13-15(12-18(24)25)19(26)20-8-3-10-23-11-9-21-22-23/h4-7,9,11,14-15H,3,8,10,12-13H2,1-2H3,(H,20,26)/t15-/m0/s1. The molecule has 1 aromatic carbocycles. The molecule has 8 nitrogen and oxygen atoms in total. The first kappa shape index (κ1) is 18.9. The predicted octanol–water partition coefficient (Wildman–Crippen LogP) is 1.62. The quantitative estimate of drug-likeness (QED) is 0.713. The van der Waals surface area contributed by atoms with E-state index in [1.165, 1.54) is 0 Å². The summed E-state index contributed by atoms with van der Waals surface area (Å²) in [5.74, 6) is 0.331. The SMILES string of the molecule is CC(C)Oc1ccc(N2C[C@@H](C(=O)NCCCn3ccnn3)CC2=O)cc1. The maximum absolute atomic E-state index is 12.4. The Hall–Kier alpha value is -2.90. The molecule has 0 aliphatic carbocycles. The average molecular weight is 371 g/mol. The van der Waals surface area contributed by atoms with Crippen LogP contribution in [0.1, 0.15) is 26.7 Å². The summed E-state index contributed by atoms with van der Waals surface area (Å²) in [6.45, 7) is 5.57. The zero-order valence-electron chi connectivity index (χ0n) is 15.7. The summed E-state index contributed by atoms with van der Waals surface area (Å²) in [5.41, 5.74) is 0.789. The van der Waals surface area contributed by atoms with Crippen molar-refractivity contribution in [2.75, 3.05) is 18.0 Å². The zero-order chi connectivity index (χ0) is 19.2. The molecular weight excluding hydrogens is 346 g/mol. The summed E-state index contributed by atoms with van der Waals surface area (Å²) in [4.78, 5) is 26.4. The van der Waals surface area contributed by atoms with E-state index in [1.54, 1.807) is 22.0 Å². The molecule has 1 atom stereocenters. The van der Waals surface area contributed by atoms with Crippen molar-refractivity contribution in [3.8, 4) is 5.75 Å². The van der Waals surface area contributed by atoms with Crippen molar-refractivity contribution in [1.29, 1.82) is 0 Å². The van der Waals surface area contributed by atoms with Crippen LogP contribution in [0.4, 0.5) is 5.69 Å². The van der Waals surface area contributed by atoms with Crippen molar-refractivity contribution >= 4 is 17.5 Å². The molecule has 144 valence electrons. The number of nitrogens with zero attached hydrogens (tertiary/aromatic N) is 4. The van der Waals surface area contributed by atoms with Crippen molar-refractivity contribution < 1.29 is 14.3 Å². The number of benzene rings is 1. The van der Waals surface area contributed by atoms with Crippen LogP contribution in [0.3, 0.4) is 0 Å². The van der Waals surface area contributed by atoms with Crippen LogP contribution in [0.25, 0.3) is 0 Å². The smallest absolute Gasteiger partial charge is 0.227 e. The van der Waals surface area contributed by atoms with Crippen LogP contribution >= 0.6 is 0 Å². The van der Waals surface area contributed by atoms with E-state index in [0.717, 1.165) is 17.9 Å². The lowest BCUT2D eigenvalue weighted by Crippen LogP contribution is -2.33. The highest BCUT2D eigenvalue weighted by molar-refractivity contribution is 6.00. The van der Waals surface area contributed by atoms with Crippen molar-refractivity contribution in [3.05, 3.63) is 36.7 Å². The van der Waals surface area contributed by atoms with Crippen LogP contribution in [0.15, 0.2) is 36.7 Å². The lowest BCUT2D eigenvalue weighted by Gasteiger charge is -2.18. The van der Waals surface area contributed by atoms with Crippen LogP contribution in [0.2, 0.25) is 0 Å². The summed E-state index contributed by atoms with van der Waals surface area (Å²) in [6.07, 6.45) is 4.50. The molecule has 0 saturated carbocycles. The highest BCUT2D eigenvalue weighted by Gasteiger charge is 2.34. The summed E-state index contributed by atoms with van der Waals surface area (Å²) in [6, 6.07) is 7.41. The van der Waals surface area contributed by atoms with E-state index in [4.69, 9.17) is 4.74 Å². The molecule has 2 heterocycles. The number of anilines is 1. The molecule has 1 aliphatic rings. The molecule has 2 amide bonds. The number of nitrogens with one attached hydrogen (secondary N) is 1. The van der Waals surface area contributed by atoms with Gasteiger partial charge in [0, 0.05) is 37.9 Å². The van der Waals surface area contributed by atoms with Crippen LogP contribution in [-0.2, 0) is 16.1 Å². The van der Waals surface area contributed by atoms with Gasteiger partial charge in [0.1, 0.15) is 5.75 Å². The fraction of sp³-hybridized carbons (Fsp3) is 0.474. The molecule has 2 aromatic rings. The number of aryl methyl sites for hydroxylation is 1. The van der Waals surface area contributed by atoms with E-state index in [-0.39, 0.29) is 30.3 Å². The second-order valence-electron chi connectivity index (χ2n) is 6.88. The Morgan fingerprint density at radius 3 is 2.78 bits per heavy atom. The Morgan fingerprint density at radius 1 is 1.33 bits per heavy atom. The van der Waals surface area contributed by atoms with Crippen molar-refractivity contribution in [3.63, 3.8) is 0 Å². The van der Waals surface area contributed by atoms with Gasteiger partial charge in [0.25, 0.3) is 0 Å². The molecule has 1 fully saturated rings. The van der Waals surface area contributed by atoms with E-state index < -0.39 is 0 Å². The number of ether oxygens (including phenoxy) is 1. The molecule has 3 rings (SSSR count). The number of amides is 2. The van der Waals surface area contributed by atoms with Crippen LogP contribution < -0.4 is 15.0 Å². The first-order valence-corrected chi connectivity index (χ1v) is 9.22. The van der Waals surface area contributed by atoms with Crippen LogP contribution in [-0.4, -0.2) is 46.0 Å². The van der Waals surface area contributed by atoms with Gasteiger partial charge < -0.3 is 15.0 Å². The van der Waals surface area contributed by atoms with Crippen molar-refractivity contribution in [1.82, 2.24) is 20.3 Å². The van der Waals surface area contributed by atoms with Gasteiger partial charge in [0.2, 0.25) is 11.8 Å². The highest BCUT2D eigenvalue weighted by atomic mass is 16.5. The minimum Gasteiger partial charge on any atom is -0.491 e. The Bertz CT molecular complexity index is 758. The number of carbonyl (C=O) groups excluding carboxylic acids is 2.